The molecule has 0 atom stereocenters. The molecule has 0 radical (unpaired) electrons. The number of rotatable bonds is 3. The van der Waals surface area contributed by atoms with Crippen LogP contribution in [0.4, 0.5) is 18.3 Å². The Morgan fingerprint density at radius 3 is 2.57 bits per heavy atom. The lowest BCUT2D eigenvalue weighted by Gasteiger charge is -2.08. The van der Waals surface area contributed by atoms with E-state index in [1.165, 1.54) is 18.2 Å². The number of aromatic hydroxyl groups is 1. The fourth-order valence-corrected chi connectivity index (χ4v) is 3.74. The Bertz CT molecular complexity index is 1240. The van der Waals surface area contributed by atoms with Crippen molar-refractivity contribution in [2.45, 2.75) is 13.6 Å². The van der Waals surface area contributed by atoms with Crippen LogP contribution in [0.3, 0.4) is 0 Å². The number of alkyl halides is 3. The predicted octanol–water partition coefficient (Wildman–Crippen LogP) is 5.75. The molecule has 0 aliphatic rings. The van der Waals surface area contributed by atoms with Crippen molar-refractivity contribution in [2.24, 2.45) is 0 Å². The summed E-state index contributed by atoms with van der Waals surface area (Å²) >= 11 is 7.15. The van der Waals surface area contributed by atoms with Crippen molar-refractivity contribution in [3.8, 4) is 11.4 Å². The number of benzene rings is 2. The molecule has 2 N–H and O–H groups in total. The summed E-state index contributed by atoms with van der Waals surface area (Å²) in [7, 11) is 0. The van der Waals surface area contributed by atoms with E-state index in [0.29, 0.717) is 10.8 Å². The summed E-state index contributed by atoms with van der Waals surface area (Å²) in [5, 5.41) is 16.1. The predicted molar refractivity (Wildman–Crippen MR) is 110 cm³/mol. The Hall–Kier alpha value is -3.11. The minimum atomic E-state index is -4.75. The second-order valence-corrected chi connectivity index (χ2v) is 7.31. The van der Waals surface area contributed by atoms with Crippen LogP contribution in [0.5, 0.6) is 5.75 Å². The lowest BCUT2D eigenvalue weighted by molar-refractivity contribution is -0.141. The quantitative estimate of drug-likeness (QED) is 0.413. The summed E-state index contributed by atoms with van der Waals surface area (Å²) in [6, 6.07) is 11.5. The number of fused-ring (bicyclic) bond motifs is 1. The number of hydrogen-bond donors (Lipinski definition) is 2. The van der Waals surface area contributed by atoms with E-state index in [1.807, 2.05) is 0 Å². The lowest BCUT2D eigenvalue weighted by atomic mass is 10.3. The highest BCUT2D eigenvalue weighted by molar-refractivity contribution is 7.22. The van der Waals surface area contributed by atoms with Crippen molar-refractivity contribution in [1.82, 2.24) is 14.8 Å². The van der Waals surface area contributed by atoms with Gasteiger partial charge in [0.25, 0.3) is 5.91 Å². The van der Waals surface area contributed by atoms with Gasteiger partial charge in [0.2, 0.25) is 0 Å². The van der Waals surface area contributed by atoms with Gasteiger partial charge in [0.1, 0.15) is 17.0 Å². The van der Waals surface area contributed by atoms with Gasteiger partial charge < -0.3 is 5.11 Å². The average molecular weight is 455 g/mol. The summed E-state index contributed by atoms with van der Waals surface area (Å²) < 4.78 is 41.0. The number of thiazole rings is 1. The molecule has 2 aromatic heterocycles. The molecule has 0 aliphatic heterocycles. The highest BCUT2D eigenvalue weighted by Crippen LogP contribution is 2.33. The van der Waals surface area contributed by atoms with Gasteiger partial charge in [-0.25, -0.2) is 9.67 Å². The van der Waals surface area contributed by atoms with Crippen molar-refractivity contribution in [3.63, 3.8) is 0 Å². The van der Waals surface area contributed by atoms with Crippen LogP contribution in [0.15, 0.2) is 48.5 Å². The summed E-state index contributed by atoms with van der Waals surface area (Å²) in [6.45, 7) is 0. The molecule has 156 valence electrons. The topological polar surface area (TPSA) is 80.0 Å². The van der Waals surface area contributed by atoms with Gasteiger partial charge in [0.15, 0.2) is 10.8 Å². The number of nitrogens with zero attached hydrogens (tertiary/aromatic N) is 3. The Kier molecular flexibility index (Phi) is 5.73. The first-order chi connectivity index (χ1) is 13.7. The molecule has 11 heteroatoms. The maximum Gasteiger partial charge on any atom is 0.435 e. The average Bonchev–Trinajstić information content (AvgIpc) is 3.27. The van der Waals surface area contributed by atoms with Gasteiger partial charge in [-0.2, -0.15) is 18.3 Å². The molecular weight excluding hydrogens is 441 g/mol. The third-order valence-corrected chi connectivity index (χ3v) is 5.19. The van der Waals surface area contributed by atoms with Crippen LogP contribution in [0.1, 0.15) is 23.6 Å². The van der Waals surface area contributed by atoms with Crippen LogP contribution in [0, 0.1) is 0 Å². The van der Waals surface area contributed by atoms with E-state index in [-0.39, 0.29) is 40.2 Å². The number of carbonyl (C=O) groups excluding carboxylic acids is 1. The third-order valence-electron chi connectivity index (χ3n) is 3.93. The normalized spacial score (nSPS) is 11.3. The van der Waals surface area contributed by atoms with Crippen molar-refractivity contribution < 1.29 is 23.1 Å². The lowest BCUT2D eigenvalue weighted by Crippen LogP contribution is -2.17. The first kappa shape index (κ1) is 21.6. The number of amides is 1. The zero-order valence-electron chi connectivity index (χ0n) is 14.2. The summed E-state index contributed by atoms with van der Waals surface area (Å²) in [6.07, 6.45) is -4.75. The van der Waals surface area contributed by atoms with Gasteiger partial charge in [0.05, 0.1) is 15.4 Å². The smallest absolute Gasteiger partial charge is 0.435 e. The number of phenolic OH excluding ortho intramolecular Hbond substituents is 1. The third kappa shape index (κ3) is 3.96. The molecule has 0 saturated heterocycles. The number of phenols is 1. The number of hydrogen-bond acceptors (Lipinski definition) is 5. The molecule has 6 nitrogen and oxygen atoms in total. The van der Waals surface area contributed by atoms with Gasteiger partial charge in [-0.05, 0) is 24.3 Å². The van der Waals surface area contributed by atoms with Crippen LogP contribution >= 0.6 is 22.9 Å². The molecule has 2 heterocycles. The van der Waals surface area contributed by atoms with Crippen LogP contribution in [-0.4, -0.2) is 25.8 Å². The minimum Gasteiger partial charge on any atom is -0.506 e. The molecule has 1 amide bonds. The molecule has 0 fully saturated rings. The highest BCUT2D eigenvalue weighted by atomic mass is 35.5. The molecule has 30 heavy (non-hydrogen) atoms. The first-order valence-electron chi connectivity index (χ1n) is 8.06. The molecule has 4 aromatic rings. The Balaban J connectivity index is 0.00000256. The van der Waals surface area contributed by atoms with Crippen molar-refractivity contribution >= 4 is 44.2 Å². The summed E-state index contributed by atoms with van der Waals surface area (Å²) in [4.78, 5) is 16.9. The van der Waals surface area contributed by atoms with Crippen molar-refractivity contribution in [2.75, 3.05) is 5.32 Å². The number of aromatic nitrogens is 3. The molecule has 0 spiro atoms. The van der Waals surface area contributed by atoms with Gasteiger partial charge in [-0.1, -0.05) is 48.6 Å². The van der Waals surface area contributed by atoms with E-state index in [9.17, 15) is 23.1 Å². The summed E-state index contributed by atoms with van der Waals surface area (Å²) in [5.74, 6) is -0.925. The standard InChI is InChI=1S/C18H10ClF3N4O2S.CH4/c19-9-4-1-2-5-10(9)26-11(8-14(25-26)18(20,21)22)16(28)24-17-23-15-12(27)6-3-7-13(15)29-17;/h1-8,27H,(H,23,24,28);1H4. The molecule has 0 unspecified atom stereocenters. The SMILES string of the molecule is C.O=C(Nc1nc2c(O)cccc2s1)c1cc(C(F)(F)F)nn1-c1ccccc1Cl. The van der Waals surface area contributed by atoms with Crippen LogP contribution in [0.2, 0.25) is 5.02 Å². The zero-order valence-corrected chi connectivity index (χ0v) is 15.8. The molecule has 2 aromatic carbocycles. The highest BCUT2D eigenvalue weighted by Gasteiger charge is 2.36. The number of halogens is 4. The molecular formula is C19H14ClF3N4O2S. The number of para-hydroxylation sites is 2. The van der Waals surface area contributed by atoms with E-state index in [0.717, 1.165) is 16.0 Å². The van der Waals surface area contributed by atoms with E-state index in [1.54, 1.807) is 24.3 Å². The Labute approximate surface area is 177 Å². The monoisotopic (exact) mass is 454 g/mol. The van der Waals surface area contributed by atoms with Crippen LogP contribution in [0.25, 0.3) is 15.9 Å². The van der Waals surface area contributed by atoms with Crippen LogP contribution < -0.4 is 5.32 Å². The first-order valence-corrected chi connectivity index (χ1v) is 9.25. The summed E-state index contributed by atoms with van der Waals surface area (Å²) in [5.41, 5.74) is -1.20. The largest absolute Gasteiger partial charge is 0.506 e. The van der Waals surface area contributed by atoms with Gasteiger partial charge in [-0.3, -0.25) is 10.1 Å². The molecule has 4 rings (SSSR count). The second kappa shape index (κ2) is 7.96. The fraction of sp³-hybridized carbons (Fsp3) is 0.105. The van der Waals surface area contributed by atoms with Crippen LogP contribution in [-0.2, 0) is 6.18 Å². The van der Waals surface area contributed by atoms with E-state index >= 15 is 0 Å². The second-order valence-electron chi connectivity index (χ2n) is 5.87. The zero-order chi connectivity index (χ0) is 20.8. The minimum absolute atomic E-state index is 0. The Morgan fingerprint density at radius 2 is 1.90 bits per heavy atom. The van der Waals surface area contributed by atoms with Gasteiger partial charge >= 0.3 is 6.18 Å². The van der Waals surface area contributed by atoms with E-state index in [2.05, 4.69) is 15.4 Å². The Morgan fingerprint density at radius 1 is 1.17 bits per heavy atom. The number of nitrogens with one attached hydrogen (secondary N) is 1. The van der Waals surface area contributed by atoms with Crippen molar-refractivity contribution in [1.29, 1.82) is 0 Å². The molecule has 0 aliphatic carbocycles. The number of carbonyl (C=O) groups is 1. The van der Waals surface area contributed by atoms with E-state index in [4.69, 9.17) is 11.6 Å². The van der Waals surface area contributed by atoms with Crippen molar-refractivity contribution in [3.05, 3.63) is 64.9 Å². The van der Waals surface area contributed by atoms with E-state index < -0.39 is 17.8 Å². The molecule has 0 bridgehead atoms. The maximum absolute atomic E-state index is 13.2. The molecule has 0 saturated carbocycles. The van der Waals surface area contributed by atoms with Gasteiger partial charge in [-0.15, -0.1) is 0 Å². The maximum atomic E-state index is 13.2. The van der Waals surface area contributed by atoms with Gasteiger partial charge in [0, 0.05) is 6.07 Å². The fourth-order valence-electron chi connectivity index (χ4n) is 2.64. The number of anilines is 1.